The highest BCUT2D eigenvalue weighted by Crippen LogP contribution is 2.21. The summed E-state index contributed by atoms with van der Waals surface area (Å²) in [6.45, 7) is 0.582. The Hall–Kier alpha value is -3.90. The Morgan fingerprint density at radius 1 is 0.824 bits per heavy atom. The van der Waals surface area contributed by atoms with Crippen LogP contribution in [0.1, 0.15) is 16.0 Å². The highest BCUT2D eigenvalue weighted by Gasteiger charge is 2.09. The minimum atomic E-state index is -0.870. The predicted molar refractivity (Wildman–Crippen MR) is 136 cm³/mol. The maximum atomic E-state index is 10.9. The van der Waals surface area contributed by atoms with Crippen molar-refractivity contribution >= 4 is 23.0 Å². The van der Waals surface area contributed by atoms with E-state index >= 15 is 0 Å². The van der Waals surface area contributed by atoms with Crippen molar-refractivity contribution in [1.82, 2.24) is 0 Å². The zero-order chi connectivity index (χ0) is 23.6. The maximum Gasteiger partial charge on any atom is 0.307 e. The SMILES string of the molecule is O=C(O)Cc1cccc(OCCON=C(Cc2cccs2)c2ccc(-c3ccccc3)cc2)c1. The molecule has 4 aromatic rings. The number of carboxylic acid groups (broad SMARTS) is 1. The molecule has 0 saturated heterocycles. The summed E-state index contributed by atoms with van der Waals surface area (Å²) in [5.41, 5.74) is 4.88. The van der Waals surface area contributed by atoms with Crippen molar-refractivity contribution in [2.75, 3.05) is 13.2 Å². The van der Waals surface area contributed by atoms with Gasteiger partial charge in [-0.2, -0.15) is 0 Å². The molecule has 1 heterocycles. The molecule has 0 aliphatic heterocycles. The van der Waals surface area contributed by atoms with Gasteiger partial charge in [-0.15, -0.1) is 11.3 Å². The van der Waals surface area contributed by atoms with Gasteiger partial charge in [0.15, 0.2) is 6.61 Å². The molecule has 0 amide bonds. The van der Waals surface area contributed by atoms with E-state index in [4.69, 9.17) is 14.7 Å². The first kappa shape index (κ1) is 23.3. The normalized spacial score (nSPS) is 11.2. The molecule has 0 radical (unpaired) electrons. The smallest absolute Gasteiger partial charge is 0.307 e. The van der Waals surface area contributed by atoms with Crippen molar-refractivity contribution < 1.29 is 19.5 Å². The van der Waals surface area contributed by atoms with E-state index in [1.807, 2.05) is 24.3 Å². The number of hydrogen-bond acceptors (Lipinski definition) is 5. The first-order valence-corrected chi connectivity index (χ1v) is 11.9. The Kier molecular flexibility index (Phi) is 8.08. The zero-order valence-corrected chi connectivity index (χ0v) is 19.4. The summed E-state index contributed by atoms with van der Waals surface area (Å²) in [6, 6.07) is 29.8. The molecular weight excluding hydrogens is 446 g/mol. The maximum absolute atomic E-state index is 10.9. The molecule has 0 atom stereocenters. The molecule has 0 bridgehead atoms. The van der Waals surface area contributed by atoms with Crippen LogP contribution >= 0.6 is 11.3 Å². The first-order chi connectivity index (χ1) is 16.7. The van der Waals surface area contributed by atoms with Crippen molar-refractivity contribution in [3.8, 4) is 16.9 Å². The van der Waals surface area contributed by atoms with Crippen LogP contribution < -0.4 is 4.74 Å². The molecule has 5 nitrogen and oxygen atoms in total. The van der Waals surface area contributed by atoms with E-state index in [-0.39, 0.29) is 13.0 Å². The quantitative estimate of drug-likeness (QED) is 0.163. The van der Waals surface area contributed by atoms with Crippen LogP contribution in [0.2, 0.25) is 0 Å². The van der Waals surface area contributed by atoms with E-state index < -0.39 is 5.97 Å². The van der Waals surface area contributed by atoms with Gasteiger partial charge in [0, 0.05) is 11.3 Å². The molecule has 34 heavy (non-hydrogen) atoms. The third-order valence-corrected chi connectivity index (χ3v) is 6.00. The van der Waals surface area contributed by atoms with Crippen LogP contribution in [-0.2, 0) is 22.5 Å². The standard InChI is InChI=1S/C28H25NO4S/c30-28(31)19-21-6-4-9-25(18-21)32-15-16-33-29-27(20-26-10-5-17-34-26)24-13-11-23(12-14-24)22-7-2-1-3-8-22/h1-14,17-18H,15-16,19-20H2,(H,30,31). The van der Waals surface area contributed by atoms with Crippen LogP contribution in [0.15, 0.2) is 102 Å². The number of rotatable bonds is 11. The monoisotopic (exact) mass is 471 g/mol. The molecule has 0 aliphatic carbocycles. The number of aliphatic carboxylic acids is 1. The fourth-order valence-corrected chi connectivity index (χ4v) is 4.20. The molecule has 0 spiro atoms. The molecule has 0 unspecified atom stereocenters. The molecule has 0 saturated carbocycles. The molecule has 172 valence electrons. The van der Waals surface area contributed by atoms with Crippen molar-refractivity contribution in [1.29, 1.82) is 0 Å². The molecule has 0 aliphatic rings. The number of carbonyl (C=O) groups is 1. The van der Waals surface area contributed by atoms with Gasteiger partial charge in [-0.25, -0.2) is 0 Å². The van der Waals surface area contributed by atoms with Crippen LogP contribution in [0.5, 0.6) is 5.75 Å². The predicted octanol–water partition coefficient (Wildman–Crippen LogP) is 6.08. The summed E-state index contributed by atoms with van der Waals surface area (Å²) in [7, 11) is 0. The summed E-state index contributed by atoms with van der Waals surface area (Å²) in [5, 5.41) is 15.4. The second-order valence-corrected chi connectivity index (χ2v) is 8.67. The molecule has 6 heteroatoms. The van der Waals surface area contributed by atoms with Gasteiger partial charge in [0.05, 0.1) is 12.1 Å². The molecule has 1 aromatic heterocycles. The Labute approximate surface area is 202 Å². The lowest BCUT2D eigenvalue weighted by atomic mass is 10.0. The minimum absolute atomic E-state index is 0.0346. The fourth-order valence-electron chi connectivity index (χ4n) is 3.49. The molecule has 3 aromatic carbocycles. The lowest BCUT2D eigenvalue weighted by Gasteiger charge is -2.09. The van der Waals surface area contributed by atoms with E-state index in [2.05, 4.69) is 53.0 Å². The Balaban J connectivity index is 1.39. The van der Waals surface area contributed by atoms with Gasteiger partial charge in [0.1, 0.15) is 12.4 Å². The van der Waals surface area contributed by atoms with Crippen molar-refractivity contribution in [2.24, 2.45) is 5.16 Å². The van der Waals surface area contributed by atoms with E-state index in [9.17, 15) is 4.79 Å². The average molecular weight is 472 g/mol. The van der Waals surface area contributed by atoms with Crippen LogP contribution in [0, 0.1) is 0 Å². The van der Waals surface area contributed by atoms with Crippen LogP contribution in [0.3, 0.4) is 0 Å². The van der Waals surface area contributed by atoms with Crippen molar-refractivity contribution in [2.45, 2.75) is 12.8 Å². The zero-order valence-electron chi connectivity index (χ0n) is 18.6. The number of thiophene rings is 1. The van der Waals surface area contributed by atoms with Gasteiger partial charge in [0.25, 0.3) is 0 Å². The van der Waals surface area contributed by atoms with Gasteiger partial charge in [-0.3, -0.25) is 4.79 Å². The van der Waals surface area contributed by atoms with Gasteiger partial charge >= 0.3 is 5.97 Å². The Morgan fingerprint density at radius 2 is 1.62 bits per heavy atom. The number of oxime groups is 1. The summed E-state index contributed by atoms with van der Waals surface area (Å²) in [6.07, 6.45) is 0.646. The van der Waals surface area contributed by atoms with E-state index in [0.29, 0.717) is 24.3 Å². The van der Waals surface area contributed by atoms with E-state index in [1.165, 1.54) is 10.4 Å². The highest BCUT2D eigenvalue weighted by molar-refractivity contribution is 7.10. The molecular formula is C28H25NO4S. The highest BCUT2D eigenvalue weighted by atomic mass is 32.1. The largest absolute Gasteiger partial charge is 0.490 e. The Morgan fingerprint density at radius 3 is 2.35 bits per heavy atom. The average Bonchev–Trinajstić information content (AvgIpc) is 3.37. The summed E-state index contributed by atoms with van der Waals surface area (Å²) < 4.78 is 5.70. The summed E-state index contributed by atoms with van der Waals surface area (Å²) in [5.74, 6) is -0.258. The van der Waals surface area contributed by atoms with Crippen LogP contribution in [0.4, 0.5) is 0 Å². The number of ether oxygens (including phenoxy) is 1. The third-order valence-electron chi connectivity index (χ3n) is 5.12. The van der Waals surface area contributed by atoms with Crippen molar-refractivity contribution in [3.63, 3.8) is 0 Å². The summed E-state index contributed by atoms with van der Waals surface area (Å²) >= 11 is 1.69. The fraction of sp³-hybridized carbons (Fsp3) is 0.143. The summed E-state index contributed by atoms with van der Waals surface area (Å²) in [4.78, 5) is 17.7. The first-order valence-electron chi connectivity index (χ1n) is 11.0. The second kappa shape index (κ2) is 11.8. The van der Waals surface area contributed by atoms with Gasteiger partial charge in [0.2, 0.25) is 0 Å². The van der Waals surface area contributed by atoms with Crippen LogP contribution in [0.25, 0.3) is 11.1 Å². The topological polar surface area (TPSA) is 68.1 Å². The van der Waals surface area contributed by atoms with Gasteiger partial charge in [-0.1, -0.05) is 78.0 Å². The number of hydrogen-bond donors (Lipinski definition) is 1. The minimum Gasteiger partial charge on any atom is -0.490 e. The van der Waals surface area contributed by atoms with E-state index in [1.54, 1.807) is 35.6 Å². The third kappa shape index (κ3) is 6.80. The lowest BCUT2D eigenvalue weighted by molar-refractivity contribution is -0.136. The van der Waals surface area contributed by atoms with Gasteiger partial charge in [-0.05, 0) is 45.8 Å². The van der Waals surface area contributed by atoms with Crippen LogP contribution in [-0.4, -0.2) is 30.0 Å². The van der Waals surface area contributed by atoms with Crippen molar-refractivity contribution in [3.05, 3.63) is 112 Å². The molecule has 4 rings (SSSR count). The number of carboxylic acids is 1. The van der Waals surface area contributed by atoms with Gasteiger partial charge < -0.3 is 14.7 Å². The number of benzene rings is 3. The van der Waals surface area contributed by atoms with E-state index in [0.717, 1.165) is 16.8 Å². The second-order valence-electron chi connectivity index (χ2n) is 7.64. The number of nitrogens with zero attached hydrogens (tertiary/aromatic N) is 1. The molecule has 0 fully saturated rings. The Bertz CT molecular complexity index is 1220. The lowest BCUT2D eigenvalue weighted by Crippen LogP contribution is -2.09. The molecule has 1 N–H and O–H groups in total.